The van der Waals surface area contributed by atoms with Crippen molar-refractivity contribution in [1.29, 1.82) is 0 Å². The van der Waals surface area contributed by atoms with Crippen molar-refractivity contribution in [3.63, 3.8) is 0 Å². The largest absolute Gasteiger partial charge is 0.207 e. The van der Waals surface area contributed by atoms with E-state index < -0.39 is 0 Å². The first-order valence-corrected chi connectivity index (χ1v) is 12.8. The van der Waals surface area contributed by atoms with Gasteiger partial charge in [0.25, 0.3) is 0 Å². The Morgan fingerprint density at radius 3 is 2.00 bits per heavy atom. The van der Waals surface area contributed by atoms with Gasteiger partial charge in [-0.25, -0.2) is 8.78 Å². The van der Waals surface area contributed by atoms with E-state index in [1.54, 1.807) is 12.1 Å². The Bertz CT molecular complexity index is 1050. The molecule has 0 unspecified atom stereocenters. The van der Waals surface area contributed by atoms with Gasteiger partial charge >= 0.3 is 0 Å². The van der Waals surface area contributed by atoms with Crippen LogP contribution < -0.4 is 0 Å². The van der Waals surface area contributed by atoms with Crippen LogP contribution >= 0.6 is 0 Å². The fourth-order valence-electron chi connectivity index (χ4n) is 5.43. The minimum Gasteiger partial charge on any atom is -0.207 e. The molecule has 0 N–H and O–H groups in total. The van der Waals surface area contributed by atoms with Gasteiger partial charge in [0.05, 0.1) is 0 Å². The van der Waals surface area contributed by atoms with E-state index in [4.69, 9.17) is 0 Å². The molecule has 0 spiro atoms. The predicted octanol–water partition coefficient (Wildman–Crippen LogP) is 9.26. The first kappa shape index (κ1) is 24.4. The van der Waals surface area contributed by atoms with E-state index in [2.05, 4.69) is 61.5 Å². The average Bonchev–Trinajstić information content (AvgIpc) is 2.87. The fraction of sp³-hybridized carbons (Fsp3) is 0.375. The molecule has 0 saturated heterocycles. The lowest BCUT2D eigenvalue weighted by Gasteiger charge is -2.29. The fourth-order valence-corrected chi connectivity index (χ4v) is 5.43. The van der Waals surface area contributed by atoms with Gasteiger partial charge in [0.15, 0.2) is 0 Å². The topological polar surface area (TPSA) is 0 Å². The molecule has 2 heteroatoms. The van der Waals surface area contributed by atoms with E-state index >= 15 is 0 Å². The van der Waals surface area contributed by atoms with E-state index in [-0.39, 0.29) is 23.1 Å². The molecule has 1 saturated carbocycles. The summed E-state index contributed by atoms with van der Waals surface area (Å²) in [5.74, 6) is 0.504. The second-order valence-corrected chi connectivity index (χ2v) is 9.88. The first-order chi connectivity index (χ1) is 16.5. The minimum absolute atomic E-state index is 0.220. The summed E-state index contributed by atoms with van der Waals surface area (Å²) in [5, 5.41) is 0. The second kappa shape index (κ2) is 11.6. The van der Waals surface area contributed by atoms with Crippen molar-refractivity contribution < 1.29 is 8.78 Å². The minimum atomic E-state index is -0.387. The smallest absolute Gasteiger partial charge is 0.129 e. The number of benzene rings is 3. The lowest BCUT2D eigenvalue weighted by atomic mass is 9.76. The van der Waals surface area contributed by atoms with Crippen LogP contribution in [-0.4, -0.2) is 0 Å². The highest BCUT2D eigenvalue weighted by Gasteiger charge is 2.25. The van der Waals surface area contributed by atoms with Crippen LogP contribution in [0.4, 0.5) is 8.78 Å². The van der Waals surface area contributed by atoms with E-state index in [9.17, 15) is 8.78 Å². The standard InChI is InChI=1S/C32H36F2/c1-3-4-6-11-30-31(33)21-29(22-32(30)34)28-18-16-27(17-19-28)26-14-12-24(13-15-26)20-23(2)25-9-7-5-8-10-25/h3-5,7-10,12-15,21-23,27-28H,6,11,16-20H2,1-2H3/b4-3+/t23-,27?,28?/m1/s1. The number of hydrogen-bond donors (Lipinski definition) is 0. The van der Waals surface area contributed by atoms with Crippen molar-refractivity contribution in [2.45, 2.75) is 76.5 Å². The molecule has 3 aromatic carbocycles. The maximum atomic E-state index is 14.6. The number of rotatable bonds is 8. The molecule has 0 aliphatic heterocycles. The van der Waals surface area contributed by atoms with Gasteiger partial charge in [-0.05, 0) is 104 Å². The third-order valence-corrected chi connectivity index (χ3v) is 7.52. The Labute approximate surface area is 203 Å². The maximum Gasteiger partial charge on any atom is 0.129 e. The van der Waals surface area contributed by atoms with Crippen molar-refractivity contribution in [3.05, 3.63) is 118 Å². The van der Waals surface area contributed by atoms with Gasteiger partial charge in [-0.3, -0.25) is 0 Å². The molecular weight excluding hydrogens is 422 g/mol. The van der Waals surface area contributed by atoms with Crippen molar-refractivity contribution >= 4 is 0 Å². The second-order valence-electron chi connectivity index (χ2n) is 9.88. The van der Waals surface area contributed by atoms with Gasteiger partial charge in [0.2, 0.25) is 0 Å². The molecule has 1 fully saturated rings. The summed E-state index contributed by atoms with van der Waals surface area (Å²) in [6, 6.07) is 23.0. The summed E-state index contributed by atoms with van der Waals surface area (Å²) in [4.78, 5) is 0. The van der Waals surface area contributed by atoms with Crippen LogP contribution in [0.15, 0.2) is 78.9 Å². The van der Waals surface area contributed by atoms with Crippen molar-refractivity contribution in [1.82, 2.24) is 0 Å². The summed E-state index contributed by atoms with van der Waals surface area (Å²) < 4.78 is 29.2. The van der Waals surface area contributed by atoms with Gasteiger partial charge in [0.1, 0.15) is 11.6 Å². The van der Waals surface area contributed by atoms with E-state index in [1.165, 1.54) is 16.7 Å². The van der Waals surface area contributed by atoms with Crippen LogP contribution in [0.5, 0.6) is 0 Å². The zero-order chi connectivity index (χ0) is 23.9. The average molecular weight is 459 g/mol. The summed E-state index contributed by atoms with van der Waals surface area (Å²) in [7, 11) is 0. The Morgan fingerprint density at radius 2 is 1.41 bits per heavy atom. The number of allylic oxidation sites excluding steroid dienone is 2. The third kappa shape index (κ3) is 6.03. The van der Waals surface area contributed by atoms with Crippen LogP contribution in [0.1, 0.15) is 91.5 Å². The van der Waals surface area contributed by atoms with Gasteiger partial charge < -0.3 is 0 Å². The Hall–Kier alpha value is -2.74. The Kier molecular flexibility index (Phi) is 8.32. The van der Waals surface area contributed by atoms with Crippen molar-refractivity contribution in [2.75, 3.05) is 0 Å². The Morgan fingerprint density at radius 1 is 0.824 bits per heavy atom. The van der Waals surface area contributed by atoms with Crippen LogP contribution in [-0.2, 0) is 12.8 Å². The maximum absolute atomic E-state index is 14.6. The third-order valence-electron chi connectivity index (χ3n) is 7.52. The van der Waals surface area contributed by atoms with Gasteiger partial charge in [0, 0.05) is 5.56 Å². The highest BCUT2D eigenvalue weighted by atomic mass is 19.1. The Balaban J connectivity index is 1.34. The quantitative estimate of drug-likeness (QED) is 0.295. The number of hydrogen-bond acceptors (Lipinski definition) is 0. The molecular formula is C32H36F2. The van der Waals surface area contributed by atoms with Gasteiger partial charge in [-0.15, -0.1) is 0 Å². The molecule has 0 nitrogen and oxygen atoms in total. The number of halogens is 2. The molecule has 3 aromatic rings. The van der Waals surface area contributed by atoms with Crippen molar-refractivity contribution in [3.8, 4) is 0 Å². The normalized spacial score (nSPS) is 19.4. The molecule has 1 aliphatic carbocycles. The molecule has 0 bridgehead atoms. The molecule has 34 heavy (non-hydrogen) atoms. The highest BCUT2D eigenvalue weighted by Crippen LogP contribution is 2.41. The molecule has 0 radical (unpaired) electrons. The molecule has 0 aromatic heterocycles. The molecule has 4 rings (SSSR count). The lowest BCUT2D eigenvalue weighted by molar-refractivity contribution is 0.393. The highest BCUT2D eigenvalue weighted by molar-refractivity contribution is 5.31. The molecule has 1 aliphatic rings. The predicted molar refractivity (Wildman–Crippen MR) is 138 cm³/mol. The van der Waals surface area contributed by atoms with Crippen LogP contribution in [0, 0.1) is 11.6 Å². The van der Waals surface area contributed by atoms with Crippen LogP contribution in [0.25, 0.3) is 0 Å². The summed E-state index contributed by atoms with van der Waals surface area (Å²) in [6.07, 6.45) is 10.1. The van der Waals surface area contributed by atoms with Gasteiger partial charge in [-0.1, -0.05) is 73.7 Å². The van der Waals surface area contributed by atoms with E-state index in [0.717, 1.165) is 37.7 Å². The van der Waals surface area contributed by atoms with Crippen molar-refractivity contribution in [2.24, 2.45) is 0 Å². The monoisotopic (exact) mass is 458 g/mol. The SMILES string of the molecule is C/C=C/CCc1c(F)cc(C2CCC(c3ccc(C[C@@H](C)c4ccccc4)cc3)CC2)cc1F. The summed E-state index contributed by atoms with van der Waals surface area (Å²) in [5.41, 5.74) is 5.19. The molecule has 0 amide bonds. The molecule has 0 heterocycles. The lowest BCUT2D eigenvalue weighted by Crippen LogP contribution is -2.13. The van der Waals surface area contributed by atoms with Crippen LogP contribution in [0.3, 0.4) is 0 Å². The summed E-state index contributed by atoms with van der Waals surface area (Å²) in [6.45, 7) is 4.21. The van der Waals surface area contributed by atoms with Gasteiger partial charge in [-0.2, -0.15) is 0 Å². The zero-order valence-electron chi connectivity index (χ0n) is 20.4. The molecule has 1 atom stereocenters. The molecule has 178 valence electrons. The summed E-state index contributed by atoms with van der Waals surface area (Å²) >= 11 is 0. The van der Waals surface area contributed by atoms with Crippen LogP contribution in [0.2, 0.25) is 0 Å². The van der Waals surface area contributed by atoms with E-state index in [0.29, 0.717) is 24.7 Å². The first-order valence-electron chi connectivity index (χ1n) is 12.8. The van der Waals surface area contributed by atoms with E-state index in [1.807, 2.05) is 19.1 Å². The zero-order valence-corrected chi connectivity index (χ0v) is 20.4.